The molecule has 0 saturated heterocycles. The molecule has 0 aliphatic carbocycles. The molecule has 0 bridgehead atoms. The summed E-state index contributed by atoms with van der Waals surface area (Å²) in [5, 5.41) is 11.0. The number of rotatable bonds is 2. The van der Waals surface area contributed by atoms with Crippen molar-refractivity contribution in [1.82, 2.24) is 0 Å². The molecular formula is C16H12FN3O3. The molecule has 0 spiro atoms. The molecule has 1 amide bonds. The van der Waals surface area contributed by atoms with Crippen molar-refractivity contribution in [2.75, 3.05) is 11.9 Å². The van der Waals surface area contributed by atoms with Crippen LogP contribution in [0, 0.1) is 10.1 Å². The van der Waals surface area contributed by atoms with Crippen LogP contribution in [0.25, 0.3) is 0 Å². The standard InChI is InChI=1S/C16H12FN3O3/c1-19-13-8-7-11(20(22)23)9-12(13)14(18-15(17)16(19)21)10-5-3-2-4-6-10/h2-9,15H,1H3. The van der Waals surface area contributed by atoms with Crippen LogP contribution < -0.4 is 4.90 Å². The van der Waals surface area contributed by atoms with E-state index in [4.69, 9.17) is 0 Å². The highest BCUT2D eigenvalue weighted by Crippen LogP contribution is 2.31. The Kier molecular flexibility index (Phi) is 3.61. The number of benzene rings is 2. The van der Waals surface area contributed by atoms with E-state index in [-0.39, 0.29) is 11.4 Å². The number of benzodiazepines with no additional fused rings is 1. The number of carbonyl (C=O) groups excluding carboxylic acids is 1. The van der Waals surface area contributed by atoms with Crippen LogP contribution in [0.15, 0.2) is 53.5 Å². The van der Waals surface area contributed by atoms with Crippen LogP contribution in [-0.4, -0.2) is 29.9 Å². The molecule has 116 valence electrons. The first-order valence-corrected chi connectivity index (χ1v) is 6.82. The summed E-state index contributed by atoms with van der Waals surface area (Å²) in [6.07, 6.45) is -2.05. The third-order valence-corrected chi connectivity index (χ3v) is 3.63. The first kappa shape index (κ1) is 14.8. The summed E-state index contributed by atoms with van der Waals surface area (Å²) in [7, 11) is 1.42. The lowest BCUT2D eigenvalue weighted by molar-refractivity contribution is -0.384. The van der Waals surface area contributed by atoms with Crippen molar-refractivity contribution < 1.29 is 14.1 Å². The number of nitro groups is 1. The molecule has 2 aromatic rings. The average Bonchev–Trinajstić information content (AvgIpc) is 2.66. The molecule has 6 nitrogen and oxygen atoms in total. The van der Waals surface area contributed by atoms with Gasteiger partial charge in [0.1, 0.15) is 0 Å². The number of carbonyl (C=O) groups is 1. The number of amides is 1. The van der Waals surface area contributed by atoms with E-state index in [1.165, 1.54) is 25.2 Å². The van der Waals surface area contributed by atoms with Crippen LogP contribution in [0.1, 0.15) is 11.1 Å². The van der Waals surface area contributed by atoms with Gasteiger partial charge in [0, 0.05) is 30.3 Å². The van der Waals surface area contributed by atoms with E-state index in [2.05, 4.69) is 4.99 Å². The van der Waals surface area contributed by atoms with Crippen LogP contribution in [0.5, 0.6) is 0 Å². The van der Waals surface area contributed by atoms with Crippen LogP contribution in [0.4, 0.5) is 15.8 Å². The van der Waals surface area contributed by atoms with Crippen molar-refractivity contribution in [3.63, 3.8) is 0 Å². The smallest absolute Gasteiger partial charge is 0.284 e. The molecule has 1 aliphatic rings. The van der Waals surface area contributed by atoms with Crippen molar-refractivity contribution in [1.29, 1.82) is 0 Å². The van der Waals surface area contributed by atoms with Crippen molar-refractivity contribution in [2.45, 2.75) is 6.30 Å². The summed E-state index contributed by atoms with van der Waals surface area (Å²) < 4.78 is 14.1. The molecule has 0 N–H and O–H groups in total. The first-order chi connectivity index (χ1) is 11.0. The second-order valence-corrected chi connectivity index (χ2v) is 5.04. The second-order valence-electron chi connectivity index (χ2n) is 5.04. The predicted molar refractivity (Wildman–Crippen MR) is 83.5 cm³/mol. The monoisotopic (exact) mass is 313 g/mol. The normalized spacial score (nSPS) is 17.3. The molecule has 1 unspecified atom stereocenters. The summed E-state index contributed by atoms with van der Waals surface area (Å²) in [5.41, 5.74) is 1.38. The highest BCUT2D eigenvalue weighted by atomic mass is 19.1. The van der Waals surface area contributed by atoms with Crippen LogP contribution in [-0.2, 0) is 4.79 Å². The molecule has 3 rings (SSSR count). The number of likely N-dealkylation sites (N-methyl/N-ethyl adjacent to an activating group) is 1. The number of hydrogen-bond acceptors (Lipinski definition) is 4. The summed E-state index contributed by atoms with van der Waals surface area (Å²) in [6.45, 7) is 0. The number of halogens is 1. The summed E-state index contributed by atoms with van der Waals surface area (Å²) in [4.78, 5) is 27.5. The number of nitro benzene ring substituents is 1. The molecule has 1 atom stereocenters. The first-order valence-electron chi connectivity index (χ1n) is 6.82. The number of hydrogen-bond donors (Lipinski definition) is 0. The van der Waals surface area contributed by atoms with Gasteiger partial charge in [0.15, 0.2) is 0 Å². The van der Waals surface area contributed by atoms with Crippen molar-refractivity contribution >= 4 is 23.0 Å². The average molecular weight is 313 g/mol. The summed E-state index contributed by atoms with van der Waals surface area (Å²) >= 11 is 0. The van der Waals surface area contributed by atoms with E-state index in [1.54, 1.807) is 30.3 Å². The highest BCUT2D eigenvalue weighted by molar-refractivity contribution is 6.20. The van der Waals surface area contributed by atoms with Gasteiger partial charge < -0.3 is 4.90 Å². The Labute approximate surface area is 131 Å². The summed E-state index contributed by atoms with van der Waals surface area (Å²) in [5.74, 6) is -0.814. The zero-order valence-corrected chi connectivity index (χ0v) is 12.1. The number of aliphatic imine (C=N–C) groups is 1. The fraction of sp³-hybridized carbons (Fsp3) is 0.125. The maximum absolute atomic E-state index is 14.1. The number of nitrogens with zero attached hydrogens (tertiary/aromatic N) is 3. The van der Waals surface area contributed by atoms with Gasteiger partial charge >= 0.3 is 0 Å². The lowest BCUT2D eigenvalue weighted by atomic mass is 9.99. The van der Waals surface area contributed by atoms with Gasteiger partial charge in [-0.05, 0) is 6.07 Å². The van der Waals surface area contributed by atoms with Crippen molar-refractivity contribution in [3.05, 3.63) is 69.8 Å². The van der Waals surface area contributed by atoms with E-state index in [1.807, 2.05) is 0 Å². The van der Waals surface area contributed by atoms with Gasteiger partial charge in [-0.2, -0.15) is 0 Å². The SMILES string of the molecule is CN1C(=O)C(F)N=C(c2ccccc2)c2cc([N+](=O)[O-])ccc21. The molecule has 23 heavy (non-hydrogen) atoms. The fourth-order valence-electron chi connectivity index (χ4n) is 2.46. The van der Waals surface area contributed by atoms with Gasteiger partial charge in [0.05, 0.1) is 16.3 Å². The van der Waals surface area contributed by atoms with E-state index in [9.17, 15) is 19.3 Å². The van der Waals surface area contributed by atoms with Crippen LogP contribution in [0.3, 0.4) is 0 Å². The Bertz CT molecular complexity index is 821. The molecule has 0 aromatic heterocycles. The maximum Gasteiger partial charge on any atom is 0.284 e. The van der Waals surface area contributed by atoms with Gasteiger partial charge in [-0.25, -0.2) is 9.38 Å². The van der Waals surface area contributed by atoms with Crippen molar-refractivity contribution in [3.8, 4) is 0 Å². The zero-order valence-electron chi connectivity index (χ0n) is 12.1. The number of non-ortho nitro benzene ring substituents is 1. The minimum atomic E-state index is -2.05. The Hall–Kier alpha value is -3.09. The largest absolute Gasteiger partial charge is 0.311 e. The van der Waals surface area contributed by atoms with Crippen molar-refractivity contribution in [2.24, 2.45) is 4.99 Å². The molecular weight excluding hydrogens is 301 g/mol. The van der Waals surface area contributed by atoms with E-state index in [0.29, 0.717) is 16.8 Å². The Morgan fingerprint density at radius 3 is 2.57 bits per heavy atom. The number of anilines is 1. The van der Waals surface area contributed by atoms with E-state index >= 15 is 0 Å². The van der Waals surface area contributed by atoms with Gasteiger partial charge in [0.25, 0.3) is 17.9 Å². The number of fused-ring (bicyclic) bond motifs is 1. The van der Waals surface area contributed by atoms with Gasteiger partial charge in [0.2, 0.25) is 0 Å². The molecule has 7 heteroatoms. The Morgan fingerprint density at radius 1 is 1.22 bits per heavy atom. The fourth-order valence-corrected chi connectivity index (χ4v) is 2.46. The van der Waals surface area contributed by atoms with E-state index < -0.39 is 17.1 Å². The Balaban J connectivity index is 2.28. The topological polar surface area (TPSA) is 75.8 Å². The quantitative estimate of drug-likeness (QED) is 0.486. The van der Waals surface area contributed by atoms with E-state index in [0.717, 1.165) is 4.90 Å². The van der Waals surface area contributed by atoms with Gasteiger partial charge in [-0.3, -0.25) is 14.9 Å². The number of alkyl halides is 1. The minimum absolute atomic E-state index is 0.148. The second kappa shape index (κ2) is 5.60. The van der Waals surface area contributed by atoms with Crippen LogP contribution >= 0.6 is 0 Å². The highest BCUT2D eigenvalue weighted by Gasteiger charge is 2.30. The van der Waals surface area contributed by atoms with Gasteiger partial charge in [-0.1, -0.05) is 30.3 Å². The zero-order chi connectivity index (χ0) is 16.6. The minimum Gasteiger partial charge on any atom is -0.311 e. The summed E-state index contributed by atoms with van der Waals surface area (Å²) in [6, 6.07) is 12.7. The van der Waals surface area contributed by atoms with Gasteiger partial charge in [-0.15, -0.1) is 0 Å². The third-order valence-electron chi connectivity index (χ3n) is 3.63. The lowest BCUT2D eigenvalue weighted by Gasteiger charge is -2.18. The molecule has 0 saturated carbocycles. The lowest BCUT2D eigenvalue weighted by Crippen LogP contribution is -2.32. The molecule has 0 fully saturated rings. The maximum atomic E-state index is 14.1. The predicted octanol–water partition coefficient (Wildman–Crippen LogP) is 2.70. The Morgan fingerprint density at radius 2 is 1.91 bits per heavy atom. The molecule has 2 aromatic carbocycles. The third kappa shape index (κ3) is 2.57. The molecule has 1 heterocycles. The molecule has 1 aliphatic heterocycles. The van der Waals surface area contributed by atoms with Crippen LogP contribution in [0.2, 0.25) is 0 Å². The molecule has 0 radical (unpaired) electrons.